The number of rotatable bonds is 6. The highest BCUT2D eigenvalue weighted by molar-refractivity contribution is 6.39. The van der Waals surface area contributed by atoms with Gasteiger partial charge in [0.15, 0.2) is 0 Å². The van der Waals surface area contributed by atoms with E-state index in [0.717, 1.165) is 29.3 Å². The summed E-state index contributed by atoms with van der Waals surface area (Å²) in [5, 5.41) is 28.4. The van der Waals surface area contributed by atoms with Crippen molar-refractivity contribution in [3.8, 4) is 11.3 Å². The highest BCUT2D eigenvalue weighted by atomic mass is 35.5. The third-order valence-electron chi connectivity index (χ3n) is 7.40. The second-order valence-corrected chi connectivity index (χ2v) is 10.9. The monoisotopic (exact) mass is 560 g/mol. The third kappa shape index (κ3) is 6.74. The zero-order chi connectivity index (χ0) is 28.2. The maximum atomic E-state index is 12.9. The third-order valence-corrected chi connectivity index (χ3v) is 8.03. The molecular weight excluding hydrogens is 531 g/mol. The smallest absolute Gasteiger partial charge is 0.480 e. The van der Waals surface area contributed by atoms with Gasteiger partial charge in [0.2, 0.25) is 5.91 Å². The van der Waals surface area contributed by atoms with Crippen LogP contribution in [0.15, 0.2) is 48.5 Å². The Morgan fingerprint density at radius 2 is 1.66 bits per heavy atom. The number of pyridine rings is 1. The van der Waals surface area contributed by atoms with E-state index in [-0.39, 0.29) is 23.7 Å². The molecule has 4 rings (SSSR count). The minimum absolute atomic E-state index is 0.149. The summed E-state index contributed by atoms with van der Waals surface area (Å²) in [6.45, 7) is 6.33. The van der Waals surface area contributed by atoms with Crippen LogP contribution in [-0.2, 0) is 16.0 Å². The predicted octanol–water partition coefficient (Wildman–Crippen LogP) is 6.62. The van der Waals surface area contributed by atoms with E-state index in [2.05, 4.69) is 26.1 Å². The van der Waals surface area contributed by atoms with Gasteiger partial charge in [-0.2, -0.15) is 0 Å². The highest BCUT2D eigenvalue weighted by Crippen LogP contribution is 2.47. The summed E-state index contributed by atoms with van der Waals surface area (Å²) in [5.74, 6) is -0.977. The van der Waals surface area contributed by atoms with Crippen LogP contribution in [0.5, 0.6) is 0 Å². The lowest BCUT2D eigenvalue weighted by molar-refractivity contribution is -0.143. The maximum Gasteiger partial charge on any atom is 0.503 e. The molecule has 38 heavy (non-hydrogen) atoms. The second kappa shape index (κ2) is 12.0. The second-order valence-electron chi connectivity index (χ2n) is 10.1. The quantitative estimate of drug-likeness (QED) is 0.266. The molecule has 202 valence electrons. The predicted molar refractivity (Wildman–Crippen MR) is 147 cm³/mol. The van der Waals surface area contributed by atoms with Crippen molar-refractivity contribution in [1.82, 2.24) is 10.3 Å². The van der Waals surface area contributed by atoms with Crippen LogP contribution < -0.4 is 5.32 Å². The van der Waals surface area contributed by atoms with Gasteiger partial charge in [-0.3, -0.25) is 4.79 Å². The van der Waals surface area contributed by atoms with Crippen molar-refractivity contribution in [2.45, 2.75) is 46.1 Å². The van der Waals surface area contributed by atoms with Crippen LogP contribution in [-0.4, -0.2) is 44.4 Å². The molecule has 1 amide bonds. The number of nitrogens with one attached hydrogen (secondary N) is 1. The highest BCUT2D eigenvalue weighted by Gasteiger charge is 2.45. The minimum atomic E-state index is -1.83. The molecule has 10 heteroatoms. The molecule has 1 aromatic heterocycles. The summed E-state index contributed by atoms with van der Waals surface area (Å²) in [5.41, 5.74) is 2.75. The lowest BCUT2D eigenvalue weighted by atomic mass is 9.76. The molecule has 0 spiro atoms. The van der Waals surface area contributed by atoms with Crippen molar-refractivity contribution >= 4 is 52.1 Å². The van der Waals surface area contributed by atoms with Crippen LogP contribution >= 0.6 is 23.2 Å². The molecule has 8 nitrogen and oxygen atoms in total. The van der Waals surface area contributed by atoms with Gasteiger partial charge in [-0.15, -0.1) is 0 Å². The number of carbonyl (C=O) groups excluding carboxylic acids is 1. The minimum Gasteiger partial charge on any atom is -0.480 e. The SMILES string of the molecule is C[C@@H]1CC[C@H](C(=O)N[C@@H](Cc2ccc3nc(-c4c(Cl)cccc4Cl)ccc3c2)C(=O)O)C1(C)C.O=C(O)O. The number of carboxylic acids is 1. The molecule has 2 aromatic carbocycles. The van der Waals surface area contributed by atoms with Crippen LogP contribution in [0.25, 0.3) is 22.2 Å². The van der Waals surface area contributed by atoms with Gasteiger partial charge in [-0.25, -0.2) is 14.6 Å². The van der Waals surface area contributed by atoms with Crippen LogP contribution in [0.3, 0.4) is 0 Å². The molecule has 0 aliphatic heterocycles. The average molecular weight is 561 g/mol. The Hall–Kier alpha value is -3.36. The van der Waals surface area contributed by atoms with Crippen molar-refractivity contribution in [3.05, 3.63) is 64.1 Å². The van der Waals surface area contributed by atoms with Gasteiger partial charge in [0.1, 0.15) is 6.04 Å². The number of aliphatic carboxylic acids is 1. The van der Waals surface area contributed by atoms with Crippen molar-refractivity contribution < 1.29 is 29.7 Å². The molecule has 1 aliphatic rings. The molecule has 1 heterocycles. The summed E-state index contributed by atoms with van der Waals surface area (Å²) in [7, 11) is 0. The zero-order valence-corrected chi connectivity index (χ0v) is 22.8. The topological polar surface area (TPSA) is 137 Å². The van der Waals surface area contributed by atoms with E-state index in [1.54, 1.807) is 18.2 Å². The van der Waals surface area contributed by atoms with E-state index in [1.807, 2.05) is 30.3 Å². The first kappa shape index (κ1) is 29.2. The van der Waals surface area contributed by atoms with E-state index < -0.39 is 18.2 Å². The number of carbonyl (C=O) groups is 3. The van der Waals surface area contributed by atoms with Crippen molar-refractivity contribution in [2.75, 3.05) is 0 Å². The Morgan fingerprint density at radius 1 is 1.03 bits per heavy atom. The fourth-order valence-corrected chi connectivity index (χ4v) is 5.46. The number of benzene rings is 2. The lowest BCUT2D eigenvalue weighted by Crippen LogP contribution is -2.47. The van der Waals surface area contributed by atoms with E-state index in [1.165, 1.54) is 0 Å². The van der Waals surface area contributed by atoms with Gasteiger partial charge >= 0.3 is 12.1 Å². The number of carboxylic acid groups (broad SMARTS) is 3. The van der Waals surface area contributed by atoms with E-state index >= 15 is 0 Å². The zero-order valence-electron chi connectivity index (χ0n) is 21.2. The molecule has 0 unspecified atom stereocenters. The number of hydrogen-bond acceptors (Lipinski definition) is 4. The van der Waals surface area contributed by atoms with Gasteiger partial charge in [-0.1, -0.05) is 62.2 Å². The first-order valence-electron chi connectivity index (χ1n) is 12.1. The van der Waals surface area contributed by atoms with Gasteiger partial charge in [0, 0.05) is 23.3 Å². The molecular formula is C28H30Cl2N2O6. The van der Waals surface area contributed by atoms with E-state index in [0.29, 0.717) is 27.2 Å². The van der Waals surface area contributed by atoms with Gasteiger partial charge in [-0.05, 0) is 60.1 Å². The Kier molecular flexibility index (Phi) is 9.22. The van der Waals surface area contributed by atoms with Gasteiger partial charge in [0.25, 0.3) is 0 Å². The standard InChI is InChI=1S/C27H28Cl2N2O3.CH2O3/c1-15-7-10-18(27(15,2)3)25(32)31-23(26(33)34)14-16-8-11-21-17(13-16)9-12-22(30-21)24-19(28)5-4-6-20(24)29;2-1(3)4/h4-6,8-9,11-13,15,18,23H,7,10,14H2,1-3H3,(H,31,32)(H,33,34);(H2,2,3,4)/t15-,18-,23+;/m1./s1. The number of fused-ring (bicyclic) bond motifs is 1. The van der Waals surface area contributed by atoms with Gasteiger partial charge < -0.3 is 20.6 Å². The van der Waals surface area contributed by atoms with Gasteiger partial charge in [0.05, 0.1) is 21.3 Å². The van der Waals surface area contributed by atoms with Crippen LogP contribution in [0.4, 0.5) is 4.79 Å². The Balaban J connectivity index is 0.000000934. The Morgan fingerprint density at radius 3 is 2.21 bits per heavy atom. The summed E-state index contributed by atoms with van der Waals surface area (Å²) in [6.07, 6.45) is 0.117. The number of amides is 1. The van der Waals surface area contributed by atoms with Crippen LogP contribution in [0, 0.1) is 17.3 Å². The number of nitrogens with zero attached hydrogens (tertiary/aromatic N) is 1. The van der Waals surface area contributed by atoms with E-state index in [9.17, 15) is 14.7 Å². The molecule has 0 radical (unpaired) electrons. The molecule has 1 saturated carbocycles. The first-order chi connectivity index (χ1) is 17.8. The summed E-state index contributed by atoms with van der Waals surface area (Å²) < 4.78 is 0. The summed E-state index contributed by atoms with van der Waals surface area (Å²) in [6, 6.07) is 13.7. The average Bonchev–Trinajstić information content (AvgIpc) is 3.10. The number of halogens is 2. The molecule has 1 fully saturated rings. The molecule has 4 N–H and O–H groups in total. The van der Waals surface area contributed by atoms with Crippen molar-refractivity contribution in [2.24, 2.45) is 17.3 Å². The Labute approximate surface area is 230 Å². The van der Waals surface area contributed by atoms with Crippen LogP contribution in [0.1, 0.15) is 39.2 Å². The maximum absolute atomic E-state index is 12.9. The van der Waals surface area contributed by atoms with Crippen molar-refractivity contribution in [3.63, 3.8) is 0 Å². The summed E-state index contributed by atoms with van der Waals surface area (Å²) in [4.78, 5) is 38.1. The largest absolute Gasteiger partial charge is 0.503 e. The molecule has 3 atom stereocenters. The van der Waals surface area contributed by atoms with Crippen molar-refractivity contribution in [1.29, 1.82) is 0 Å². The number of hydrogen-bond donors (Lipinski definition) is 4. The fourth-order valence-electron chi connectivity index (χ4n) is 4.86. The normalized spacial score (nSPS) is 18.8. The Bertz CT molecular complexity index is 1340. The molecule has 1 aliphatic carbocycles. The fraction of sp³-hybridized carbons (Fsp3) is 0.357. The number of aromatic nitrogens is 1. The van der Waals surface area contributed by atoms with Crippen LogP contribution in [0.2, 0.25) is 10.0 Å². The van der Waals surface area contributed by atoms with E-state index in [4.69, 9.17) is 43.2 Å². The molecule has 3 aromatic rings. The first-order valence-corrected chi connectivity index (χ1v) is 12.9. The molecule has 0 saturated heterocycles. The summed E-state index contributed by atoms with van der Waals surface area (Å²) >= 11 is 12.7. The lowest BCUT2D eigenvalue weighted by Gasteiger charge is -2.31. The molecule has 0 bridgehead atoms.